The van der Waals surface area contributed by atoms with E-state index in [1.54, 1.807) is 24.3 Å². The van der Waals surface area contributed by atoms with Crippen molar-refractivity contribution in [3.63, 3.8) is 0 Å². The highest BCUT2D eigenvalue weighted by Crippen LogP contribution is 2.36. The van der Waals surface area contributed by atoms with Gasteiger partial charge >= 0.3 is 6.18 Å². The molecule has 0 fully saturated rings. The zero-order chi connectivity index (χ0) is 24.4. The molecule has 0 saturated heterocycles. The number of nitrogens with one attached hydrogen (secondary N) is 1. The summed E-state index contributed by atoms with van der Waals surface area (Å²) in [4.78, 5) is 12.5. The predicted octanol–water partition coefficient (Wildman–Crippen LogP) is 4.29. The molecule has 8 nitrogen and oxygen atoms in total. The molecule has 0 radical (unpaired) electrons. The summed E-state index contributed by atoms with van der Waals surface area (Å²) in [7, 11) is -2.63. The van der Waals surface area contributed by atoms with Gasteiger partial charge in [0.05, 0.1) is 29.6 Å². The van der Waals surface area contributed by atoms with E-state index in [2.05, 4.69) is 15.5 Å². The highest BCUT2D eigenvalue weighted by Gasteiger charge is 2.33. The number of sulfonamides is 1. The van der Waals surface area contributed by atoms with Gasteiger partial charge in [-0.05, 0) is 42.5 Å². The monoisotopic (exact) mass is 520 g/mol. The summed E-state index contributed by atoms with van der Waals surface area (Å²) < 4.78 is 69.3. The second-order valence-electron chi connectivity index (χ2n) is 6.62. The van der Waals surface area contributed by atoms with Crippen LogP contribution in [0.15, 0.2) is 42.5 Å². The second kappa shape index (κ2) is 9.53. The lowest BCUT2D eigenvalue weighted by Gasteiger charge is -2.23. The number of aromatic nitrogens is 2. The van der Waals surface area contributed by atoms with Crippen molar-refractivity contribution in [1.82, 2.24) is 10.2 Å². The van der Waals surface area contributed by atoms with Crippen molar-refractivity contribution in [1.29, 1.82) is 0 Å². The number of amides is 1. The smallest absolute Gasteiger partial charge is 0.416 e. The Bertz CT molecular complexity index is 1260. The SMILES string of the molecule is COc1ccc(-c2nnc(NC(=O)CN(c3cc(C(F)(F)F)ccc3Cl)S(C)(=O)=O)s2)cc1. The van der Waals surface area contributed by atoms with Crippen molar-refractivity contribution < 1.29 is 31.1 Å². The minimum Gasteiger partial charge on any atom is -0.497 e. The molecule has 0 bridgehead atoms. The Balaban J connectivity index is 1.81. The van der Waals surface area contributed by atoms with E-state index in [4.69, 9.17) is 16.3 Å². The molecular weight excluding hydrogens is 505 g/mol. The van der Waals surface area contributed by atoms with Gasteiger partial charge in [0.2, 0.25) is 21.1 Å². The van der Waals surface area contributed by atoms with Crippen LogP contribution in [0.4, 0.5) is 24.0 Å². The minimum atomic E-state index is -4.73. The third-order valence-electron chi connectivity index (χ3n) is 4.24. The van der Waals surface area contributed by atoms with Crippen LogP contribution in [0.25, 0.3) is 10.6 Å². The number of carbonyl (C=O) groups excluding carboxylic acids is 1. The summed E-state index contributed by atoms with van der Waals surface area (Å²) in [6.45, 7) is -0.822. The zero-order valence-electron chi connectivity index (χ0n) is 17.1. The van der Waals surface area contributed by atoms with E-state index in [-0.39, 0.29) is 10.2 Å². The van der Waals surface area contributed by atoms with Gasteiger partial charge in [-0.15, -0.1) is 10.2 Å². The van der Waals surface area contributed by atoms with Gasteiger partial charge < -0.3 is 4.74 Å². The van der Waals surface area contributed by atoms with Crippen molar-refractivity contribution in [2.24, 2.45) is 0 Å². The van der Waals surface area contributed by atoms with E-state index in [1.807, 2.05) is 0 Å². The number of anilines is 2. The Morgan fingerprint density at radius 2 is 1.85 bits per heavy atom. The maximum Gasteiger partial charge on any atom is 0.416 e. The number of benzene rings is 2. The summed E-state index contributed by atoms with van der Waals surface area (Å²) in [5.41, 5.74) is -0.869. The number of alkyl halides is 3. The van der Waals surface area contributed by atoms with Gasteiger partial charge in [0.25, 0.3) is 0 Å². The summed E-state index contributed by atoms with van der Waals surface area (Å²) in [6, 6.07) is 9.13. The van der Waals surface area contributed by atoms with Crippen molar-refractivity contribution in [3.8, 4) is 16.3 Å². The van der Waals surface area contributed by atoms with Gasteiger partial charge in [0.1, 0.15) is 17.3 Å². The Hall–Kier alpha value is -2.90. The fourth-order valence-corrected chi connectivity index (χ4v) is 4.57. The molecule has 0 aliphatic heterocycles. The number of carbonyl (C=O) groups is 1. The molecule has 33 heavy (non-hydrogen) atoms. The number of ether oxygens (including phenoxy) is 1. The fraction of sp³-hybridized carbons (Fsp3) is 0.211. The normalized spacial score (nSPS) is 11.8. The fourth-order valence-electron chi connectivity index (χ4n) is 2.67. The van der Waals surface area contributed by atoms with Gasteiger partial charge in [0.15, 0.2) is 0 Å². The van der Waals surface area contributed by atoms with Gasteiger partial charge in [-0.3, -0.25) is 14.4 Å². The minimum absolute atomic E-state index is 0.0782. The van der Waals surface area contributed by atoms with Crippen LogP contribution in [-0.2, 0) is 21.0 Å². The van der Waals surface area contributed by atoms with Crippen LogP contribution in [0.5, 0.6) is 5.75 Å². The van der Waals surface area contributed by atoms with Gasteiger partial charge in [-0.2, -0.15) is 13.2 Å². The van der Waals surface area contributed by atoms with E-state index in [1.165, 1.54) is 7.11 Å². The first-order valence-corrected chi connectivity index (χ1v) is 12.0. The van der Waals surface area contributed by atoms with E-state index >= 15 is 0 Å². The van der Waals surface area contributed by atoms with Crippen LogP contribution in [-0.4, -0.2) is 44.4 Å². The molecule has 0 aliphatic rings. The Morgan fingerprint density at radius 1 is 1.18 bits per heavy atom. The lowest BCUT2D eigenvalue weighted by Crippen LogP contribution is -2.37. The summed E-state index contributed by atoms with van der Waals surface area (Å²) >= 11 is 6.98. The molecule has 1 N–H and O–H groups in total. The van der Waals surface area contributed by atoms with Crippen LogP contribution in [0, 0.1) is 0 Å². The molecule has 1 amide bonds. The third-order valence-corrected chi connectivity index (χ3v) is 6.57. The third kappa shape index (κ3) is 6.12. The molecule has 176 valence electrons. The molecule has 0 saturated carbocycles. The summed E-state index contributed by atoms with van der Waals surface area (Å²) in [5.74, 6) is -0.197. The molecule has 1 heterocycles. The molecule has 3 aromatic rings. The molecule has 1 aromatic heterocycles. The average molecular weight is 521 g/mol. The van der Waals surface area contributed by atoms with E-state index in [0.29, 0.717) is 32.8 Å². The molecule has 0 aliphatic carbocycles. The topological polar surface area (TPSA) is 101 Å². The van der Waals surface area contributed by atoms with Crippen LogP contribution < -0.4 is 14.4 Å². The first-order chi connectivity index (χ1) is 15.4. The molecule has 0 spiro atoms. The standard InChI is InChI=1S/C19H16ClF3N4O4S2/c1-31-13-6-3-11(4-7-13)17-25-26-18(32-17)24-16(28)10-27(33(2,29)30)15-9-12(19(21,22)23)5-8-14(15)20/h3-9H,10H2,1-2H3,(H,24,26,28). The molecule has 0 atom stereocenters. The van der Waals surface area contributed by atoms with Crippen LogP contribution in [0.1, 0.15) is 5.56 Å². The number of hydrogen-bond donors (Lipinski definition) is 1. The highest BCUT2D eigenvalue weighted by molar-refractivity contribution is 7.92. The van der Waals surface area contributed by atoms with Crippen molar-refractivity contribution in [2.45, 2.75) is 6.18 Å². The Morgan fingerprint density at radius 3 is 2.42 bits per heavy atom. The number of hydrogen-bond acceptors (Lipinski definition) is 7. The lowest BCUT2D eigenvalue weighted by molar-refractivity contribution is -0.137. The molecular formula is C19H16ClF3N4O4S2. The van der Waals surface area contributed by atoms with Crippen molar-refractivity contribution >= 4 is 49.7 Å². The Kier molecular flexibility index (Phi) is 7.14. The largest absolute Gasteiger partial charge is 0.497 e. The van der Waals surface area contributed by atoms with Gasteiger partial charge in [-0.25, -0.2) is 8.42 Å². The van der Waals surface area contributed by atoms with E-state index in [0.717, 1.165) is 23.7 Å². The van der Waals surface area contributed by atoms with E-state index in [9.17, 15) is 26.4 Å². The Labute approximate surface area is 196 Å². The van der Waals surface area contributed by atoms with Crippen molar-refractivity contribution in [3.05, 3.63) is 53.1 Å². The predicted molar refractivity (Wildman–Crippen MR) is 119 cm³/mol. The van der Waals surface area contributed by atoms with Crippen molar-refractivity contribution in [2.75, 3.05) is 29.5 Å². The first-order valence-electron chi connectivity index (χ1n) is 9.00. The zero-order valence-corrected chi connectivity index (χ0v) is 19.4. The maximum atomic E-state index is 13.1. The van der Waals surface area contributed by atoms with Gasteiger partial charge in [0, 0.05) is 5.56 Å². The molecule has 14 heteroatoms. The van der Waals surface area contributed by atoms with Crippen LogP contribution in [0.2, 0.25) is 5.02 Å². The molecule has 3 rings (SSSR count). The number of nitrogens with zero attached hydrogens (tertiary/aromatic N) is 3. The average Bonchev–Trinajstić information content (AvgIpc) is 3.19. The molecule has 2 aromatic carbocycles. The van der Waals surface area contributed by atoms with E-state index < -0.39 is 39.9 Å². The molecule has 0 unspecified atom stereocenters. The van der Waals surface area contributed by atoms with Crippen LogP contribution >= 0.6 is 22.9 Å². The summed E-state index contributed by atoms with van der Waals surface area (Å²) in [6.07, 6.45) is -3.97. The lowest BCUT2D eigenvalue weighted by atomic mass is 10.2. The van der Waals surface area contributed by atoms with Crippen LogP contribution in [0.3, 0.4) is 0 Å². The first kappa shape index (κ1) is 24.7. The maximum absolute atomic E-state index is 13.1. The number of methoxy groups -OCH3 is 1. The second-order valence-corrected chi connectivity index (χ2v) is 9.91. The summed E-state index contributed by atoms with van der Waals surface area (Å²) in [5, 5.41) is 10.5. The number of halogens is 4. The quantitative estimate of drug-likeness (QED) is 0.498. The van der Waals surface area contributed by atoms with Gasteiger partial charge in [-0.1, -0.05) is 22.9 Å². The highest BCUT2D eigenvalue weighted by atomic mass is 35.5. The number of rotatable bonds is 7.